The molecule has 0 aliphatic heterocycles. The second-order valence-corrected chi connectivity index (χ2v) is 3.88. The quantitative estimate of drug-likeness (QED) is 0.810. The molecule has 2 aromatic heterocycles. The fourth-order valence-electron chi connectivity index (χ4n) is 1.73. The molecule has 1 unspecified atom stereocenters. The average Bonchev–Trinajstić information content (AvgIpc) is 2.67. The van der Waals surface area contributed by atoms with E-state index in [2.05, 4.69) is 15.3 Å². The average molecular weight is 217 g/mol. The normalized spacial score (nSPS) is 12.8. The first kappa shape index (κ1) is 10.8. The molecule has 0 bridgehead atoms. The van der Waals surface area contributed by atoms with Gasteiger partial charge in [0.05, 0.1) is 23.1 Å². The fourth-order valence-corrected chi connectivity index (χ4v) is 1.73. The lowest BCUT2D eigenvalue weighted by atomic mass is 10.0. The highest BCUT2D eigenvalue weighted by atomic mass is 15.3. The Morgan fingerprint density at radius 1 is 1.31 bits per heavy atom. The van der Waals surface area contributed by atoms with Gasteiger partial charge in [0, 0.05) is 13.2 Å². The summed E-state index contributed by atoms with van der Waals surface area (Å²) in [4.78, 5) is 0. The van der Waals surface area contributed by atoms with E-state index < -0.39 is 0 Å². The van der Waals surface area contributed by atoms with Crippen molar-refractivity contribution in [3.63, 3.8) is 0 Å². The van der Waals surface area contributed by atoms with Gasteiger partial charge in [-0.2, -0.15) is 15.3 Å². The molecular formula is C11H15N5. The van der Waals surface area contributed by atoms with Crippen molar-refractivity contribution >= 4 is 0 Å². The van der Waals surface area contributed by atoms with E-state index in [4.69, 9.17) is 5.73 Å². The van der Waals surface area contributed by atoms with E-state index in [0.29, 0.717) is 0 Å². The zero-order chi connectivity index (χ0) is 11.7. The third kappa shape index (κ3) is 1.81. The molecule has 0 spiro atoms. The molecule has 0 aromatic carbocycles. The summed E-state index contributed by atoms with van der Waals surface area (Å²) in [5.74, 6) is 0. The van der Waals surface area contributed by atoms with Crippen molar-refractivity contribution in [2.75, 3.05) is 0 Å². The maximum absolute atomic E-state index is 6.20. The summed E-state index contributed by atoms with van der Waals surface area (Å²) >= 11 is 0. The van der Waals surface area contributed by atoms with Crippen LogP contribution in [-0.4, -0.2) is 20.0 Å². The Hall–Kier alpha value is -1.75. The van der Waals surface area contributed by atoms with Crippen LogP contribution in [-0.2, 0) is 7.05 Å². The minimum atomic E-state index is -0.207. The third-order valence-corrected chi connectivity index (χ3v) is 2.65. The van der Waals surface area contributed by atoms with Crippen molar-refractivity contribution in [1.29, 1.82) is 0 Å². The van der Waals surface area contributed by atoms with Crippen LogP contribution in [0.2, 0.25) is 0 Å². The van der Waals surface area contributed by atoms with E-state index in [1.54, 1.807) is 10.9 Å². The molecule has 2 heterocycles. The summed E-state index contributed by atoms with van der Waals surface area (Å²) < 4.78 is 1.78. The monoisotopic (exact) mass is 217 g/mol. The van der Waals surface area contributed by atoms with Gasteiger partial charge in [-0.05, 0) is 31.5 Å². The summed E-state index contributed by atoms with van der Waals surface area (Å²) in [6, 6.07) is 3.68. The molecule has 5 heteroatoms. The molecule has 0 aliphatic carbocycles. The van der Waals surface area contributed by atoms with Crippen LogP contribution in [0.3, 0.4) is 0 Å². The third-order valence-electron chi connectivity index (χ3n) is 2.65. The molecule has 0 saturated carbocycles. The van der Waals surface area contributed by atoms with Crippen LogP contribution in [0.5, 0.6) is 0 Å². The van der Waals surface area contributed by atoms with Crippen molar-refractivity contribution in [3.8, 4) is 0 Å². The molecule has 2 aromatic rings. The fraction of sp³-hybridized carbons (Fsp3) is 0.364. The number of hydrogen-bond acceptors (Lipinski definition) is 4. The van der Waals surface area contributed by atoms with Gasteiger partial charge in [0.25, 0.3) is 0 Å². The Morgan fingerprint density at radius 3 is 2.69 bits per heavy atom. The van der Waals surface area contributed by atoms with E-state index in [0.717, 1.165) is 22.6 Å². The van der Waals surface area contributed by atoms with Crippen molar-refractivity contribution < 1.29 is 0 Å². The van der Waals surface area contributed by atoms with Crippen LogP contribution in [0.1, 0.15) is 28.7 Å². The predicted octanol–water partition coefficient (Wildman–Crippen LogP) is 0.875. The summed E-state index contributed by atoms with van der Waals surface area (Å²) in [6.07, 6.45) is 1.74. The zero-order valence-corrected chi connectivity index (χ0v) is 9.68. The van der Waals surface area contributed by atoms with Crippen molar-refractivity contribution in [2.45, 2.75) is 19.9 Å². The van der Waals surface area contributed by atoms with Gasteiger partial charge < -0.3 is 5.73 Å². The number of rotatable bonds is 2. The Balaban J connectivity index is 2.45. The number of aromatic nitrogens is 4. The second kappa shape index (κ2) is 4.02. The molecule has 0 radical (unpaired) electrons. The predicted molar refractivity (Wildman–Crippen MR) is 60.7 cm³/mol. The van der Waals surface area contributed by atoms with E-state index in [1.807, 2.05) is 33.0 Å². The summed E-state index contributed by atoms with van der Waals surface area (Å²) in [5, 5.41) is 12.2. The van der Waals surface area contributed by atoms with E-state index in [9.17, 15) is 0 Å². The van der Waals surface area contributed by atoms with Gasteiger partial charge in [-0.15, -0.1) is 0 Å². The molecule has 2 rings (SSSR count). The van der Waals surface area contributed by atoms with Gasteiger partial charge in [0.2, 0.25) is 0 Å². The van der Waals surface area contributed by atoms with Crippen LogP contribution in [0.15, 0.2) is 18.3 Å². The standard InChI is InChI=1S/C11H15N5/c1-7-6-9(8(2)15-14-7)11(12)10-4-5-13-16(10)3/h4-6,11H,12H2,1-3H3. The smallest absolute Gasteiger partial charge is 0.0742 e. The maximum Gasteiger partial charge on any atom is 0.0742 e. The molecule has 1 atom stereocenters. The topological polar surface area (TPSA) is 69.6 Å². The van der Waals surface area contributed by atoms with Gasteiger partial charge >= 0.3 is 0 Å². The second-order valence-electron chi connectivity index (χ2n) is 3.88. The Labute approximate surface area is 94.3 Å². The van der Waals surface area contributed by atoms with E-state index in [-0.39, 0.29) is 6.04 Å². The number of nitrogens with two attached hydrogens (primary N) is 1. The van der Waals surface area contributed by atoms with E-state index in [1.165, 1.54) is 0 Å². The van der Waals surface area contributed by atoms with Crippen molar-refractivity contribution in [3.05, 3.63) is 41.0 Å². The summed E-state index contributed by atoms with van der Waals surface area (Å²) in [5.41, 5.74) is 9.90. The molecule has 5 nitrogen and oxygen atoms in total. The lowest BCUT2D eigenvalue weighted by Crippen LogP contribution is -2.18. The van der Waals surface area contributed by atoms with Crippen LogP contribution < -0.4 is 5.73 Å². The Morgan fingerprint density at radius 2 is 2.06 bits per heavy atom. The van der Waals surface area contributed by atoms with Crippen molar-refractivity contribution in [1.82, 2.24) is 20.0 Å². The van der Waals surface area contributed by atoms with Crippen LogP contribution in [0.25, 0.3) is 0 Å². The zero-order valence-electron chi connectivity index (χ0n) is 9.68. The first-order valence-corrected chi connectivity index (χ1v) is 5.14. The molecule has 0 aliphatic rings. The SMILES string of the molecule is Cc1cc(C(N)c2ccnn2C)c(C)nn1. The summed E-state index contributed by atoms with van der Waals surface area (Å²) in [7, 11) is 1.88. The lowest BCUT2D eigenvalue weighted by Gasteiger charge is -2.14. The molecular weight excluding hydrogens is 202 g/mol. The molecule has 2 N–H and O–H groups in total. The van der Waals surface area contributed by atoms with Crippen LogP contribution in [0, 0.1) is 13.8 Å². The van der Waals surface area contributed by atoms with Crippen LogP contribution >= 0.6 is 0 Å². The first-order valence-electron chi connectivity index (χ1n) is 5.14. The maximum atomic E-state index is 6.20. The molecule has 0 fully saturated rings. The molecule has 0 amide bonds. The molecule has 84 valence electrons. The highest BCUT2D eigenvalue weighted by Crippen LogP contribution is 2.20. The summed E-state index contributed by atoms with van der Waals surface area (Å²) in [6.45, 7) is 3.82. The van der Waals surface area contributed by atoms with Gasteiger partial charge in [-0.25, -0.2) is 0 Å². The first-order chi connectivity index (χ1) is 7.59. The van der Waals surface area contributed by atoms with Crippen LogP contribution in [0.4, 0.5) is 0 Å². The Kier molecular flexibility index (Phi) is 2.70. The van der Waals surface area contributed by atoms with Crippen molar-refractivity contribution in [2.24, 2.45) is 12.8 Å². The van der Waals surface area contributed by atoms with E-state index >= 15 is 0 Å². The number of hydrogen-bond donors (Lipinski definition) is 1. The van der Waals surface area contributed by atoms with Gasteiger partial charge in [-0.1, -0.05) is 0 Å². The van der Waals surface area contributed by atoms with Gasteiger partial charge in [0.15, 0.2) is 0 Å². The number of nitrogens with zero attached hydrogens (tertiary/aromatic N) is 4. The minimum Gasteiger partial charge on any atom is -0.319 e. The largest absolute Gasteiger partial charge is 0.319 e. The van der Waals surface area contributed by atoms with Gasteiger partial charge in [-0.3, -0.25) is 4.68 Å². The Bertz CT molecular complexity index is 503. The highest BCUT2D eigenvalue weighted by molar-refractivity contribution is 5.30. The highest BCUT2D eigenvalue weighted by Gasteiger charge is 2.15. The van der Waals surface area contributed by atoms with Gasteiger partial charge in [0.1, 0.15) is 0 Å². The molecule has 0 saturated heterocycles. The number of aryl methyl sites for hydroxylation is 3. The molecule has 16 heavy (non-hydrogen) atoms. The lowest BCUT2D eigenvalue weighted by molar-refractivity contribution is 0.666. The minimum absolute atomic E-state index is 0.207.